The largest absolute Gasteiger partial charge is 0.370 e. The summed E-state index contributed by atoms with van der Waals surface area (Å²) in [4.78, 5) is 0. The molecule has 0 saturated carbocycles. The van der Waals surface area contributed by atoms with Crippen molar-refractivity contribution in [3.8, 4) is 0 Å². The maximum atomic E-state index is 7.13. The smallest absolute Gasteiger partial charge is 0.187 e. The molecule has 2 rings (SSSR count). The third-order valence-corrected chi connectivity index (χ3v) is 2.16. The Morgan fingerprint density at radius 2 is 2.31 bits per heavy atom. The highest BCUT2D eigenvalue weighted by Crippen LogP contribution is 2.22. The molecule has 4 heteroatoms. The quantitative estimate of drug-likeness (QED) is 0.366. The van der Waals surface area contributed by atoms with E-state index in [1.165, 1.54) is 11.1 Å². The van der Waals surface area contributed by atoms with E-state index in [1.54, 1.807) is 0 Å². The van der Waals surface area contributed by atoms with E-state index < -0.39 is 0 Å². The number of nitrogens with one attached hydrogen (secondary N) is 3. The zero-order valence-corrected chi connectivity index (χ0v) is 7.17. The van der Waals surface area contributed by atoms with E-state index in [1.807, 2.05) is 18.2 Å². The lowest BCUT2D eigenvalue weighted by Gasteiger charge is -2.13. The SMILES string of the molecule is N=C(N)NC1NCc2ccccc21. The lowest BCUT2D eigenvalue weighted by molar-refractivity contribution is 0.549. The van der Waals surface area contributed by atoms with Gasteiger partial charge in [-0.3, -0.25) is 10.7 Å². The molecule has 1 aliphatic heterocycles. The van der Waals surface area contributed by atoms with Crippen LogP contribution < -0.4 is 16.4 Å². The lowest BCUT2D eigenvalue weighted by Crippen LogP contribution is -2.38. The van der Waals surface area contributed by atoms with Crippen LogP contribution in [-0.2, 0) is 6.54 Å². The maximum Gasteiger partial charge on any atom is 0.187 e. The molecular weight excluding hydrogens is 164 g/mol. The van der Waals surface area contributed by atoms with Gasteiger partial charge in [0.05, 0.1) is 0 Å². The number of nitrogens with two attached hydrogens (primary N) is 1. The summed E-state index contributed by atoms with van der Waals surface area (Å²) in [5.41, 5.74) is 7.71. The summed E-state index contributed by atoms with van der Waals surface area (Å²) < 4.78 is 0. The van der Waals surface area contributed by atoms with Gasteiger partial charge >= 0.3 is 0 Å². The molecule has 0 spiro atoms. The molecule has 4 nitrogen and oxygen atoms in total. The maximum absolute atomic E-state index is 7.13. The minimum Gasteiger partial charge on any atom is -0.370 e. The van der Waals surface area contributed by atoms with Crippen LogP contribution in [0.25, 0.3) is 0 Å². The molecule has 0 radical (unpaired) electrons. The van der Waals surface area contributed by atoms with Crippen LogP contribution in [0.1, 0.15) is 17.3 Å². The van der Waals surface area contributed by atoms with E-state index in [2.05, 4.69) is 16.7 Å². The van der Waals surface area contributed by atoms with Gasteiger partial charge in [-0.15, -0.1) is 0 Å². The fourth-order valence-electron chi connectivity index (χ4n) is 1.58. The Hall–Kier alpha value is -1.55. The zero-order valence-electron chi connectivity index (χ0n) is 7.17. The number of fused-ring (bicyclic) bond motifs is 1. The van der Waals surface area contributed by atoms with E-state index in [9.17, 15) is 0 Å². The van der Waals surface area contributed by atoms with E-state index in [0.717, 1.165) is 6.54 Å². The third kappa shape index (κ3) is 1.48. The molecule has 1 aromatic rings. The molecule has 0 aliphatic carbocycles. The molecule has 1 aliphatic rings. The Morgan fingerprint density at radius 1 is 1.54 bits per heavy atom. The van der Waals surface area contributed by atoms with Gasteiger partial charge < -0.3 is 11.1 Å². The van der Waals surface area contributed by atoms with Crippen LogP contribution in [0.15, 0.2) is 24.3 Å². The molecule has 0 amide bonds. The number of guanidine groups is 1. The summed E-state index contributed by atoms with van der Waals surface area (Å²) in [6.45, 7) is 0.834. The molecule has 0 aromatic heterocycles. The first-order valence-corrected chi connectivity index (χ1v) is 4.19. The van der Waals surface area contributed by atoms with E-state index >= 15 is 0 Å². The van der Waals surface area contributed by atoms with Crippen LogP contribution in [0, 0.1) is 5.41 Å². The summed E-state index contributed by atoms with van der Waals surface area (Å²) in [5.74, 6) is -0.00537. The topological polar surface area (TPSA) is 73.9 Å². The average Bonchev–Trinajstić information content (AvgIpc) is 2.48. The first kappa shape index (κ1) is 8.07. The van der Waals surface area contributed by atoms with Crippen LogP contribution in [0.2, 0.25) is 0 Å². The lowest BCUT2D eigenvalue weighted by atomic mass is 10.1. The van der Waals surface area contributed by atoms with Gasteiger partial charge in [-0.05, 0) is 11.1 Å². The summed E-state index contributed by atoms with van der Waals surface area (Å²) in [5, 5.41) is 13.2. The molecule has 1 aromatic carbocycles. The molecule has 1 unspecified atom stereocenters. The van der Waals surface area contributed by atoms with Gasteiger partial charge in [0.2, 0.25) is 0 Å². The van der Waals surface area contributed by atoms with Crippen molar-refractivity contribution < 1.29 is 0 Å². The molecular formula is C9H12N4. The van der Waals surface area contributed by atoms with E-state index in [0.29, 0.717) is 0 Å². The number of rotatable bonds is 1. The summed E-state index contributed by atoms with van der Waals surface area (Å²) in [7, 11) is 0. The third-order valence-electron chi connectivity index (χ3n) is 2.16. The predicted octanol–water partition coefficient (Wildman–Crippen LogP) is 0.271. The molecule has 0 fully saturated rings. The van der Waals surface area contributed by atoms with Crippen molar-refractivity contribution >= 4 is 5.96 Å². The van der Waals surface area contributed by atoms with E-state index in [-0.39, 0.29) is 12.1 Å². The van der Waals surface area contributed by atoms with Crippen molar-refractivity contribution in [1.82, 2.24) is 10.6 Å². The van der Waals surface area contributed by atoms with Gasteiger partial charge in [-0.1, -0.05) is 24.3 Å². The van der Waals surface area contributed by atoms with Crippen molar-refractivity contribution in [2.45, 2.75) is 12.7 Å². The Bertz CT molecular complexity index is 334. The van der Waals surface area contributed by atoms with Crippen molar-refractivity contribution in [2.75, 3.05) is 0 Å². The first-order chi connectivity index (χ1) is 6.27. The van der Waals surface area contributed by atoms with Gasteiger partial charge in [-0.2, -0.15) is 0 Å². The second-order valence-electron chi connectivity index (χ2n) is 3.07. The van der Waals surface area contributed by atoms with Gasteiger partial charge in [-0.25, -0.2) is 0 Å². The van der Waals surface area contributed by atoms with E-state index in [4.69, 9.17) is 11.1 Å². The molecule has 68 valence electrons. The second kappa shape index (κ2) is 3.06. The fraction of sp³-hybridized carbons (Fsp3) is 0.222. The Balaban J connectivity index is 2.23. The number of benzene rings is 1. The van der Waals surface area contributed by atoms with Gasteiger partial charge in [0.25, 0.3) is 0 Å². The molecule has 13 heavy (non-hydrogen) atoms. The first-order valence-electron chi connectivity index (χ1n) is 4.19. The minimum atomic E-state index is -0.00583. The van der Waals surface area contributed by atoms with Crippen molar-refractivity contribution in [2.24, 2.45) is 5.73 Å². The monoisotopic (exact) mass is 176 g/mol. The summed E-state index contributed by atoms with van der Waals surface area (Å²) in [6.07, 6.45) is -0.00583. The highest BCUT2D eigenvalue weighted by atomic mass is 15.2. The van der Waals surface area contributed by atoms with Crippen molar-refractivity contribution in [3.63, 3.8) is 0 Å². The van der Waals surface area contributed by atoms with Crippen LogP contribution in [0.5, 0.6) is 0 Å². The molecule has 5 N–H and O–H groups in total. The Labute approximate surface area is 76.6 Å². The van der Waals surface area contributed by atoms with Gasteiger partial charge in [0.15, 0.2) is 5.96 Å². The van der Waals surface area contributed by atoms with Crippen molar-refractivity contribution in [3.05, 3.63) is 35.4 Å². The van der Waals surface area contributed by atoms with Crippen molar-refractivity contribution in [1.29, 1.82) is 5.41 Å². The number of hydrogen-bond donors (Lipinski definition) is 4. The van der Waals surface area contributed by atoms with Gasteiger partial charge in [0.1, 0.15) is 6.17 Å². The fourth-order valence-corrected chi connectivity index (χ4v) is 1.58. The second-order valence-corrected chi connectivity index (χ2v) is 3.07. The normalized spacial score (nSPS) is 19.5. The zero-order chi connectivity index (χ0) is 9.26. The highest BCUT2D eigenvalue weighted by molar-refractivity contribution is 5.74. The Kier molecular flexibility index (Phi) is 1.90. The molecule has 1 heterocycles. The Morgan fingerprint density at radius 3 is 3.08 bits per heavy atom. The minimum absolute atomic E-state index is 0.00537. The van der Waals surface area contributed by atoms with Crippen LogP contribution >= 0.6 is 0 Å². The summed E-state index contributed by atoms with van der Waals surface area (Å²) in [6, 6.07) is 8.11. The molecule has 0 bridgehead atoms. The summed E-state index contributed by atoms with van der Waals surface area (Å²) >= 11 is 0. The highest BCUT2D eigenvalue weighted by Gasteiger charge is 2.20. The van der Waals surface area contributed by atoms with Crippen LogP contribution in [0.3, 0.4) is 0 Å². The molecule has 0 saturated heterocycles. The standard InChI is InChI=1S/C9H12N4/c10-9(11)13-8-7-4-2-1-3-6(7)5-12-8/h1-4,8,12H,5H2,(H4,10,11,13). The van der Waals surface area contributed by atoms with Crippen LogP contribution in [-0.4, -0.2) is 5.96 Å². The number of hydrogen-bond acceptors (Lipinski definition) is 2. The van der Waals surface area contributed by atoms with Gasteiger partial charge in [0, 0.05) is 6.54 Å². The average molecular weight is 176 g/mol. The van der Waals surface area contributed by atoms with Crippen LogP contribution in [0.4, 0.5) is 0 Å². The molecule has 1 atom stereocenters. The predicted molar refractivity (Wildman–Crippen MR) is 51.1 cm³/mol.